The van der Waals surface area contributed by atoms with E-state index in [1.165, 1.54) is 6.20 Å². The largest absolute Gasteiger partial charge is 0.307 e. The van der Waals surface area contributed by atoms with Gasteiger partial charge in [-0.25, -0.2) is 9.67 Å². The third-order valence-electron chi connectivity index (χ3n) is 3.66. The maximum absolute atomic E-state index is 12.9. The number of imidazole rings is 1. The molecular formula is C17H16N6O. The molecule has 0 aliphatic rings. The van der Waals surface area contributed by atoms with E-state index in [4.69, 9.17) is 6.42 Å². The van der Waals surface area contributed by atoms with E-state index in [2.05, 4.69) is 21.0 Å². The van der Waals surface area contributed by atoms with Crippen LogP contribution in [-0.2, 0) is 7.05 Å². The second kappa shape index (κ2) is 6.38. The fourth-order valence-electron chi connectivity index (χ4n) is 2.41. The van der Waals surface area contributed by atoms with Crippen molar-refractivity contribution in [2.24, 2.45) is 7.05 Å². The van der Waals surface area contributed by atoms with Crippen molar-refractivity contribution in [1.29, 1.82) is 0 Å². The smallest absolute Gasteiger partial charge is 0.276 e. The van der Waals surface area contributed by atoms with Crippen LogP contribution in [-0.4, -0.2) is 36.8 Å². The number of terminal acetylenes is 1. The van der Waals surface area contributed by atoms with Gasteiger partial charge in [0.15, 0.2) is 0 Å². The zero-order valence-electron chi connectivity index (χ0n) is 13.4. The fourth-order valence-corrected chi connectivity index (χ4v) is 2.41. The number of rotatable bonds is 4. The summed E-state index contributed by atoms with van der Waals surface area (Å²) in [6, 6.07) is 3.64. The summed E-state index contributed by atoms with van der Waals surface area (Å²) < 4.78 is 3.24. The predicted molar refractivity (Wildman–Crippen MR) is 89.9 cm³/mol. The molecule has 3 heterocycles. The first kappa shape index (κ1) is 15.5. The second-order valence-electron chi connectivity index (χ2n) is 5.08. The molecular weight excluding hydrogens is 304 g/mol. The summed E-state index contributed by atoms with van der Waals surface area (Å²) >= 11 is 0. The topological polar surface area (TPSA) is 68.8 Å². The highest BCUT2D eigenvalue weighted by molar-refractivity contribution is 6.04. The standard InChI is InChI=1S/C17H16N6O/c1-4-13-9-20-23(12-13)17-19-11-15(21(17)3)16(24)22(5-2)14-7-6-8-18-10-14/h1,6-12H,5H2,2-3H3. The second-order valence-corrected chi connectivity index (χ2v) is 5.08. The lowest BCUT2D eigenvalue weighted by molar-refractivity contribution is 0.0980. The Balaban J connectivity index is 1.95. The molecule has 0 bridgehead atoms. The van der Waals surface area contributed by atoms with Gasteiger partial charge in [0.2, 0.25) is 5.95 Å². The summed E-state index contributed by atoms with van der Waals surface area (Å²) in [5, 5.41) is 4.17. The Morgan fingerprint density at radius 1 is 1.38 bits per heavy atom. The molecule has 120 valence electrons. The molecule has 7 heteroatoms. The molecule has 0 radical (unpaired) electrons. The zero-order chi connectivity index (χ0) is 17.1. The Hall–Kier alpha value is -3.40. The van der Waals surface area contributed by atoms with E-state index in [-0.39, 0.29) is 5.91 Å². The molecule has 0 aliphatic carbocycles. The quantitative estimate of drug-likeness (QED) is 0.686. The average Bonchev–Trinajstić information content (AvgIpc) is 3.22. The van der Waals surface area contributed by atoms with Crippen LogP contribution >= 0.6 is 0 Å². The first-order valence-electron chi connectivity index (χ1n) is 7.41. The lowest BCUT2D eigenvalue weighted by atomic mass is 10.3. The minimum Gasteiger partial charge on any atom is -0.307 e. The normalized spacial score (nSPS) is 10.4. The van der Waals surface area contributed by atoms with Gasteiger partial charge in [-0.05, 0) is 19.1 Å². The molecule has 0 aliphatic heterocycles. The molecule has 0 saturated heterocycles. The van der Waals surface area contributed by atoms with Gasteiger partial charge >= 0.3 is 0 Å². The molecule has 3 aromatic heterocycles. The molecule has 0 unspecified atom stereocenters. The SMILES string of the molecule is C#Cc1cnn(-c2ncc(C(=O)N(CC)c3cccnc3)n2C)c1. The molecule has 3 rings (SSSR count). The van der Waals surface area contributed by atoms with Crippen LogP contribution in [0.4, 0.5) is 5.69 Å². The van der Waals surface area contributed by atoms with Gasteiger partial charge in [-0.1, -0.05) is 5.92 Å². The number of hydrogen-bond acceptors (Lipinski definition) is 4. The van der Waals surface area contributed by atoms with Crippen LogP contribution in [0.25, 0.3) is 5.95 Å². The van der Waals surface area contributed by atoms with Gasteiger partial charge in [-0.3, -0.25) is 9.78 Å². The first-order chi connectivity index (χ1) is 11.7. The van der Waals surface area contributed by atoms with Gasteiger partial charge in [0.1, 0.15) is 5.69 Å². The van der Waals surface area contributed by atoms with Crippen molar-refractivity contribution in [3.05, 3.63) is 54.4 Å². The van der Waals surface area contributed by atoms with E-state index in [9.17, 15) is 4.79 Å². The van der Waals surface area contributed by atoms with Crippen LogP contribution in [0, 0.1) is 12.3 Å². The van der Waals surface area contributed by atoms with Crippen LogP contribution in [0.3, 0.4) is 0 Å². The lowest BCUT2D eigenvalue weighted by Gasteiger charge is -2.20. The summed E-state index contributed by atoms with van der Waals surface area (Å²) in [5.41, 5.74) is 1.84. The molecule has 3 aromatic rings. The summed E-state index contributed by atoms with van der Waals surface area (Å²) in [7, 11) is 1.77. The van der Waals surface area contributed by atoms with Gasteiger partial charge in [0, 0.05) is 26.0 Å². The van der Waals surface area contributed by atoms with Gasteiger partial charge in [0.05, 0.1) is 29.8 Å². The Labute approximate surface area is 139 Å². The van der Waals surface area contributed by atoms with E-state index < -0.39 is 0 Å². The number of anilines is 1. The van der Waals surface area contributed by atoms with Crippen LogP contribution < -0.4 is 4.90 Å². The summed E-state index contributed by atoms with van der Waals surface area (Å²) in [6.45, 7) is 2.43. The van der Waals surface area contributed by atoms with E-state index in [1.54, 1.807) is 52.1 Å². The molecule has 0 aromatic carbocycles. The maximum atomic E-state index is 12.9. The number of aromatic nitrogens is 5. The Kier molecular flexibility index (Phi) is 4.12. The van der Waals surface area contributed by atoms with Crippen molar-refractivity contribution >= 4 is 11.6 Å². The summed E-state index contributed by atoms with van der Waals surface area (Å²) in [5.74, 6) is 2.87. The highest BCUT2D eigenvalue weighted by atomic mass is 16.2. The van der Waals surface area contributed by atoms with Gasteiger partial charge in [-0.2, -0.15) is 5.10 Å². The number of carbonyl (C=O) groups excluding carboxylic acids is 1. The monoisotopic (exact) mass is 320 g/mol. The number of nitrogens with zero attached hydrogens (tertiary/aromatic N) is 6. The molecule has 7 nitrogen and oxygen atoms in total. The number of amides is 1. The Bertz CT molecular complexity index is 903. The number of carbonyl (C=O) groups is 1. The van der Waals surface area contributed by atoms with Crippen molar-refractivity contribution < 1.29 is 4.79 Å². The van der Waals surface area contributed by atoms with E-state index >= 15 is 0 Å². The van der Waals surface area contributed by atoms with E-state index in [0.29, 0.717) is 23.8 Å². The van der Waals surface area contributed by atoms with Crippen molar-refractivity contribution in [2.75, 3.05) is 11.4 Å². The lowest BCUT2D eigenvalue weighted by Crippen LogP contribution is -2.32. The summed E-state index contributed by atoms with van der Waals surface area (Å²) in [4.78, 5) is 22.9. The zero-order valence-corrected chi connectivity index (χ0v) is 13.4. The van der Waals surface area contributed by atoms with Crippen LogP contribution in [0.5, 0.6) is 0 Å². The third kappa shape index (κ3) is 2.65. The predicted octanol–water partition coefficient (Wildman–Crippen LogP) is 1.65. The molecule has 0 spiro atoms. The van der Waals surface area contributed by atoms with E-state index in [0.717, 1.165) is 5.69 Å². The van der Waals surface area contributed by atoms with Gasteiger partial charge in [0.25, 0.3) is 5.91 Å². The van der Waals surface area contributed by atoms with Crippen molar-refractivity contribution in [2.45, 2.75) is 6.92 Å². The van der Waals surface area contributed by atoms with Crippen LogP contribution in [0.1, 0.15) is 23.0 Å². The van der Waals surface area contributed by atoms with Gasteiger partial charge < -0.3 is 9.47 Å². The van der Waals surface area contributed by atoms with Crippen molar-refractivity contribution in [1.82, 2.24) is 24.3 Å². The van der Waals surface area contributed by atoms with Crippen molar-refractivity contribution in [3.63, 3.8) is 0 Å². The maximum Gasteiger partial charge on any atom is 0.276 e. The first-order valence-corrected chi connectivity index (χ1v) is 7.41. The number of pyridine rings is 1. The molecule has 1 amide bonds. The van der Waals surface area contributed by atoms with Crippen LogP contribution in [0.15, 0.2) is 43.1 Å². The van der Waals surface area contributed by atoms with E-state index in [1.807, 2.05) is 13.0 Å². The Morgan fingerprint density at radius 2 is 2.21 bits per heavy atom. The van der Waals surface area contributed by atoms with Gasteiger partial charge in [-0.15, -0.1) is 6.42 Å². The molecule has 24 heavy (non-hydrogen) atoms. The molecule has 0 fully saturated rings. The third-order valence-corrected chi connectivity index (χ3v) is 3.66. The fraction of sp³-hybridized carbons (Fsp3) is 0.176. The summed E-state index contributed by atoms with van der Waals surface area (Å²) in [6.07, 6.45) is 13.5. The Morgan fingerprint density at radius 3 is 2.83 bits per heavy atom. The molecule has 0 saturated carbocycles. The molecule has 0 atom stereocenters. The number of hydrogen-bond donors (Lipinski definition) is 0. The van der Waals surface area contributed by atoms with Crippen LogP contribution in [0.2, 0.25) is 0 Å². The minimum absolute atomic E-state index is 0.156. The highest BCUT2D eigenvalue weighted by Gasteiger charge is 2.21. The van der Waals surface area contributed by atoms with Crippen molar-refractivity contribution in [3.8, 4) is 18.3 Å². The minimum atomic E-state index is -0.156. The average molecular weight is 320 g/mol. The molecule has 0 N–H and O–H groups in total. The highest BCUT2D eigenvalue weighted by Crippen LogP contribution is 2.17.